The Hall–Kier alpha value is -5.18. The highest BCUT2D eigenvalue weighted by atomic mass is 16.4. The van der Waals surface area contributed by atoms with Crippen LogP contribution in [0.15, 0.2) is 59.4 Å². The topological polar surface area (TPSA) is 179 Å². The van der Waals surface area contributed by atoms with Crippen LogP contribution < -0.4 is 4.90 Å². The van der Waals surface area contributed by atoms with Crippen molar-refractivity contribution < 1.29 is 24.2 Å². The van der Waals surface area contributed by atoms with E-state index >= 15 is 0 Å². The molecular formula is C20H11N7O5. The molecule has 4 rings (SSSR count). The second kappa shape index (κ2) is 8.28. The Balaban J connectivity index is 1.92. The van der Waals surface area contributed by atoms with Gasteiger partial charge in [0.2, 0.25) is 5.89 Å². The Bertz CT molecular complexity index is 1350. The van der Waals surface area contributed by atoms with E-state index in [1.807, 2.05) is 6.07 Å². The predicted molar refractivity (Wildman–Crippen MR) is 107 cm³/mol. The van der Waals surface area contributed by atoms with E-state index in [1.54, 1.807) is 30.3 Å². The molecule has 32 heavy (non-hydrogen) atoms. The van der Waals surface area contributed by atoms with Crippen molar-refractivity contribution in [1.82, 2.24) is 25.1 Å². The van der Waals surface area contributed by atoms with Crippen LogP contribution in [0.25, 0.3) is 34.3 Å². The van der Waals surface area contributed by atoms with Gasteiger partial charge in [-0.3, -0.25) is 4.98 Å². The normalized spacial score (nSPS) is 10.3. The van der Waals surface area contributed by atoms with Crippen LogP contribution in [-0.4, -0.2) is 47.5 Å². The molecule has 156 valence electrons. The molecule has 2 N–H and O–H groups in total. The van der Waals surface area contributed by atoms with Crippen LogP contribution in [0.5, 0.6) is 0 Å². The monoisotopic (exact) mass is 429 g/mol. The molecule has 3 aromatic heterocycles. The van der Waals surface area contributed by atoms with Crippen molar-refractivity contribution in [1.29, 1.82) is 5.26 Å². The van der Waals surface area contributed by atoms with Gasteiger partial charge in [-0.05, 0) is 18.2 Å². The number of amides is 2. The smallest absolute Gasteiger partial charge is 0.422 e. The Labute approximate surface area is 179 Å². The van der Waals surface area contributed by atoms with Gasteiger partial charge in [-0.25, -0.2) is 19.6 Å². The second-order valence-electron chi connectivity index (χ2n) is 6.14. The van der Waals surface area contributed by atoms with E-state index in [9.17, 15) is 25.1 Å². The van der Waals surface area contributed by atoms with Crippen molar-refractivity contribution >= 4 is 18.0 Å². The lowest BCUT2D eigenvalue weighted by Crippen LogP contribution is -2.35. The van der Waals surface area contributed by atoms with Gasteiger partial charge < -0.3 is 14.6 Å². The molecular weight excluding hydrogens is 418 g/mol. The van der Waals surface area contributed by atoms with Gasteiger partial charge in [-0.1, -0.05) is 18.2 Å². The molecule has 0 spiro atoms. The lowest BCUT2D eigenvalue weighted by atomic mass is 10.1. The minimum Gasteiger partial charge on any atom is -0.464 e. The SMILES string of the molecule is N#Cc1ccncc1-c1cnc(N(C(=O)O)C(=O)O)c(-c2nnc(-c3ccccc3)o2)n1. The molecule has 1 aromatic carbocycles. The minimum atomic E-state index is -1.80. The van der Waals surface area contributed by atoms with Crippen LogP contribution in [-0.2, 0) is 0 Å². The van der Waals surface area contributed by atoms with Crippen molar-refractivity contribution in [3.63, 3.8) is 0 Å². The quantitative estimate of drug-likeness (QED) is 0.486. The number of nitriles is 1. The number of carboxylic acid groups (broad SMARTS) is 2. The van der Waals surface area contributed by atoms with E-state index in [2.05, 4.69) is 25.1 Å². The van der Waals surface area contributed by atoms with Crippen molar-refractivity contribution in [3.05, 3.63) is 60.6 Å². The number of rotatable bonds is 4. The second-order valence-corrected chi connectivity index (χ2v) is 6.14. The van der Waals surface area contributed by atoms with E-state index in [4.69, 9.17) is 4.42 Å². The minimum absolute atomic E-state index is 0.0209. The van der Waals surface area contributed by atoms with Gasteiger partial charge in [0.1, 0.15) is 0 Å². The highest BCUT2D eigenvalue weighted by molar-refractivity contribution is 6.08. The van der Waals surface area contributed by atoms with Crippen molar-refractivity contribution in [3.8, 4) is 40.4 Å². The Kier molecular flexibility index (Phi) is 5.21. The summed E-state index contributed by atoms with van der Waals surface area (Å²) >= 11 is 0. The molecule has 0 aliphatic carbocycles. The molecule has 0 fully saturated rings. The van der Waals surface area contributed by atoms with Crippen molar-refractivity contribution in [2.24, 2.45) is 0 Å². The fourth-order valence-electron chi connectivity index (χ4n) is 2.80. The van der Waals surface area contributed by atoms with Gasteiger partial charge in [0.25, 0.3) is 5.89 Å². The van der Waals surface area contributed by atoms with Crippen LogP contribution in [0.1, 0.15) is 5.56 Å². The van der Waals surface area contributed by atoms with Gasteiger partial charge >= 0.3 is 12.2 Å². The van der Waals surface area contributed by atoms with Crippen LogP contribution >= 0.6 is 0 Å². The number of hydrogen-bond donors (Lipinski definition) is 2. The molecule has 2 amide bonds. The van der Waals surface area contributed by atoms with E-state index in [0.717, 1.165) is 6.20 Å². The first kappa shape index (κ1) is 20.1. The average Bonchev–Trinajstić information content (AvgIpc) is 3.30. The first-order valence-electron chi connectivity index (χ1n) is 8.86. The lowest BCUT2D eigenvalue weighted by molar-refractivity contribution is 0.184. The van der Waals surface area contributed by atoms with E-state index in [-0.39, 0.29) is 33.6 Å². The van der Waals surface area contributed by atoms with Crippen LogP contribution in [0, 0.1) is 11.3 Å². The van der Waals surface area contributed by atoms with Crippen LogP contribution in [0.2, 0.25) is 0 Å². The molecule has 0 aliphatic heterocycles. The molecule has 12 nitrogen and oxygen atoms in total. The molecule has 0 saturated heterocycles. The summed E-state index contributed by atoms with van der Waals surface area (Å²) in [6.07, 6.45) is 0.321. The predicted octanol–water partition coefficient (Wildman–Crippen LogP) is 3.29. The van der Waals surface area contributed by atoms with E-state index in [1.165, 1.54) is 18.5 Å². The summed E-state index contributed by atoms with van der Waals surface area (Å²) in [5.41, 5.74) is 0.953. The largest absolute Gasteiger partial charge is 0.464 e. The first-order chi connectivity index (χ1) is 15.5. The zero-order valence-corrected chi connectivity index (χ0v) is 15.9. The van der Waals surface area contributed by atoms with Gasteiger partial charge in [-0.2, -0.15) is 10.2 Å². The van der Waals surface area contributed by atoms with Crippen molar-refractivity contribution in [2.75, 3.05) is 4.90 Å². The zero-order valence-electron chi connectivity index (χ0n) is 15.9. The molecule has 0 unspecified atom stereocenters. The fraction of sp³-hybridized carbons (Fsp3) is 0. The number of nitrogens with zero attached hydrogens (tertiary/aromatic N) is 7. The number of hydrogen-bond acceptors (Lipinski definition) is 9. The number of benzene rings is 1. The fourth-order valence-corrected chi connectivity index (χ4v) is 2.80. The van der Waals surface area contributed by atoms with E-state index in [0.29, 0.717) is 11.1 Å². The third-order valence-electron chi connectivity index (χ3n) is 4.21. The molecule has 0 aliphatic rings. The number of imide groups is 1. The van der Waals surface area contributed by atoms with Gasteiger partial charge in [0.05, 0.1) is 23.5 Å². The van der Waals surface area contributed by atoms with Gasteiger partial charge in [0, 0.05) is 23.5 Å². The molecule has 0 radical (unpaired) electrons. The van der Waals surface area contributed by atoms with Gasteiger partial charge in [0.15, 0.2) is 11.5 Å². The summed E-state index contributed by atoms with van der Waals surface area (Å²) in [6, 6.07) is 12.2. The summed E-state index contributed by atoms with van der Waals surface area (Å²) in [7, 11) is 0. The maximum absolute atomic E-state index is 11.6. The first-order valence-corrected chi connectivity index (χ1v) is 8.86. The van der Waals surface area contributed by atoms with E-state index < -0.39 is 18.0 Å². The molecule has 12 heteroatoms. The van der Waals surface area contributed by atoms with Crippen LogP contribution in [0.3, 0.4) is 0 Å². The summed E-state index contributed by atoms with van der Waals surface area (Å²) < 4.78 is 5.64. The highest BCUT2D eigenvalue weighted by Gasteiger charge is 2.30. The van der Waals surface area contributed by atoms with Gasteiger partial charge in [-0.15, -0.1) is 10.2 Å². The summed E-state index contributed by atoms with van der Waals surface area (Å²) in [6.45, 7) is 0. The summed E-state index contributed by atoms with van der Waals surface area (Å²) in [5, 5.41) is 35.9. The van der Waals surface area contributed by atoms with Crippen molar-refractivity contribution in [2.45, 2.75) is 0 Å². The third kappa shape index (κ3) is 3.68. The lowest BCUT2D eigenvalue weighted by Gasteiger charge is -2.15. The molecule has 0 atom stereocenters. The summed E-state index contributed by atoms with van der Waals surface area (Å²) in [4.78, 5) is 35.3. The highest BCUT2D eigenvalue weighted by Crippen LogP contribution is 2.32. The molecule has 4 aromatic rings. The Morgan fingerprint density at radius 1 is 1.00 bits per heavy atom. The maximum Gasteiger partial charge on any atom is 0.422 e. The number of anilines is 1. The zero-order chi connectivity index (χ0) is 22.7. The number of carbonyl (C=O) groups is 2. The van der Waals surface area contributed by atoms with Crippen LogP contribution in [0.4, 0.5) is 15.4 Å². The number of pyridine rings is 1. The number of aromatic nitrogens is 5. The molecule has 3 heterocycles. The third-order valence-corrected chi connectivity index (χ3v) is 4.21. The molecule has 0 saturated carbocycles. The summed E-state index contributed by atoms with van der Waals surface area (Å²) in [5.74, 6) is -0.711. The Morgan fingerprint density at radius 3 is 2.41 bits per heavy atom. The maximum atomic E-state index is 11.6. The molecule has 0 bridgehead atoms. The standard InChI is InChI=1S/C20H11N7O5/c21-8-12-6-7-22-9-13(12)14-10-23-16(27(19(28)29)20(30)31)15(24-14)18-26-25-17(32-18)11-4-2-1-3-5-11/h1-7,9-10H,(H,28,29)(H,30,31). The Morgan fingerprint density at radius 2 is 1.72 bits per heavy atom. The average molecular weight is 429 g/mol.